The summed E-state index contributed by atoms with van der Waals surface area (Å²) >= 11 is 0. The molecular weight excluding hydrogens is 386 g/mol. The molecule has 0 saturated carbocycles. The van der Waals surface area contributed by atoms with Crippen molar-refractivity contribution in [2.45, 2.75) is 6.42 Å². The Labute approximate surface area is 183 Å². The molecule has 1 aliphatic rings. The molecule has 3 aromatic rings. The van der Waals surface area contributed by atoms with E-state index < -0.39 is 0 Å². The van der Waals surface area contributed by atoms with Gasteiger partial charge < -0.3 is 10.2 Å². The van der Waals surface area contributed by atoms with Crippen LogP contribution in [0.4, 0.5) is 5.69 Å². The minimum atomic E-state index is -0.216. The van der Waals surface area contributed by atoms with Gasteiger partial charge in [-0.15, -0.1) is 0 Å². The summed E-state index contributed by atoms with van der Waals surface area (Å²) in [4.78, 5) is 30.0. The number of hydrogen-bond donors (Lipinski definition) is 1. The number of nitrogens with one attached hydrogen (secondary N) is 1. The zero-order valence-electron chi connectivity index (χ0n) is 17.5. The van der Waals surface area contributed by atoms with Crippen LogP contribution in [0.25, 0.3) is 0 Å². The van der Waals surface area contributed by atoms with E-state index in [1.54, 1.807) is 24.3 Å². The lowest BCUT2D eigenvalue weighted by Crippen LogP contribution is -2.49. The molecule has 1 fully saturated rings. The number of rotatable bonds is 6. The van der Waals surface area contributed by atoms with Gasteiger partial charge in [-0.2, -0.15) is 0 Å². The molecule has 5 heteroatoms. The van der Waals surface area contributed by atoms with Gasteiger partial charge in [-0.1, -0.05) is 60.7 Å². The highest BCUT2D eigenvalue weighted by Crippen LogP contribution is 2.19. The Morgan fingerprint density at radius 3 is 2.06 bits per heavy atom. The predicted molar refractivity (Wildman–Crippen MR) is 123 cm³/mol. The third kappa shape index (κ3) is 5.38. The quantitative estimate of drug-likeness (QED) is 0.666. The van der Waals surface area contributed by atoms with Gasteiger partial charge in [-0.05, 0) is 36.2 Å². The molecule has 2 amide bonds. The molecule has 0 aromatic heterocycles. The average Bonchev–Trinajstić information content (AvgIpc) is 2.84. The van der Waals surface area contributed by atoms with Gasteiger partial charge in [-0.25, -0.2) is 0 Å². The Bertz CT molecular complexity index is 1010. The fourth-order valence-corrected chi connectivity index (χ4v) is 3.84. The number of piperazine rings is 1. The van der Waals surface area contributed by atoms with Crippen molar-refractivity contribution in [2.75, 3.05) is 38.0 Å². The summed E-state index contributed by atoms with van der Waals surface area (Å²) in [6.07, 6.45) is 1.02. The third-order valence-corrected chi connectivity index (χ3v) is 5.66. The Kier molecular flexibility index (Phi) is 6.75. The van der Waals surface area contributed by atoms with E-state index in [-0.39, 0.29) is 11.8 Å². The minimum absolute atomic E-state index is 0.0355. The van der Waals surface area contributed by atoms with Crippen LogP contribution in [0.5, 0.6) is 0 Å². The minimum Gasteiger partial charge on any atom is -0.336 e. The first-order valence-corrected chi connectivity index (χ1v) is 10.7. The molecule has 0 bridgehead atoms. The van der Waals surface area contributed by atoms with E-state index in [0.717, 1.165) is 26.1 Å². The van der Waals surface area contributed by atoms with Crippen LogP contribution >= 0.6 is 0 Å². The summed E-state index contributed by atoms with van der Waals surface area (Å²) in [7, 11) is 0. The first-order valence-electron chi connectivity index (χ1n) is 10.7. The number of carbonyl (C=O) groups is 2. The van der Waals surface area contributed by atoms with Crippen molar-refractivity contribution in [3.05, 3.63) is 102 Å². The first-order chi connectivity index (χ1) is 15.2. The lowest BCUT2D eigenvalue weighted by molar-refractivity contribution is 0.0639. The number of benzene rings is 3. The lowest BCUT2D eigenvalue weighted by atomic mass is 10.1. The molecule has 0 radical (unpaired) electrons. The van der Waals surface area contributed by atoms with Gasteiger partial charge in [0.25, 0.3) is 11.8 Å². The van der Waals surface area contributed by atoms with Crippen LogP contribution in [-0.4, -0.2) is 54.3 Å². The summed E-state index contributed by atoms with van der Waals surface area (Å²) < 4.78 is 0. The second kappa shape index (κ2) is 10.0. The average molecular weight is 414 g/mol. The molecule has 0 unspecified atom stereocenters. The fourth-order valence-electron chi connectivity index (χ4n) is 3.84. The van der Waals surface area contributed by atoms with Crippen molar-refractivity contribution >= 4 is 17.5 Å². The first kappa shape index (κ1) is 20.8. The third-order valence-electron chi connectivity index (χ3n) is 5.66. The van der Waals surface area contributed by atoms with Crippen molar-refractivity contribution in [1.82, 2.24) is 9.80 Å². The summed E-state index contributed by atoms with van der Waals surface area (Å²) in [6, 6.07) is 26.7. The highest BCUT2D eigenvalue weighted by Gasteiger charge is 2.24. The van der Waals surface area contributed by atoms with Gasteiger partial charge in [0.2, 0.25) is 0 Å². The van der Waals surface area contributed by atoms with Gasteiger partial charge in [0.1, 0.15) is 0 Å². The van der Waals surface area contributed by atoms with Crippen LogP contribution in [-0.2, 0) is 6.42 Å². The van der Waals surface area contributed by atoms with E-state index in [9.17, 15) is 9.59 Å². The highest BCUT2D eigenvalue weighted by molar-refractivity contribution is 6.09. The molecule has 1 N–H and O–H groups in total. The van der Waals surface area contributed by atoms with Crippen LogP contribution in [0.3, 0.4) is 0 Å². The molecule has 4 rings (SSSR count). The molecule has 0 spiro atoms. The second-order valence-electron chi connectivity index (χ2n) is 7.74. The predicted octanol–water partition coefficient (Wildman–Crippen LogP) is 3.94. The van der Waals surface area contributed by atoms with Crippen LogP contribution < -0.4 is 5.32 Å². The standard InChI is InChI=1S/C26H27N3O2/c30-25(22-11-5-2-6-12-22)27-24-14-8-7-13-23(24)26(31)29-19-17-28(18-20-29)16-15-21-9-3-1-4-10-21/h1-14H,15-20H2,(H,27,30). The topological polar surface area (TPSA) is 52.7 Å². The van der Waals surface area contributed by atoms with Crippen molar-refractivity contribution in [3.63, 3.8) is 0 Å². The molecule has 31 heavy (non-hydrogen) atoms. The molecule has 1 heterocycles. The van der Waals surface area contributed by atoms with E-state index in [4.69, 9.17) is 0 Å². The zero-order valence-corrected chi connectivity index (χ0v) is 17.5. The van der Waals surface area contributed by atoms with Gasteiger partial charge >= 0.3 is 0 Å². The molecular formula is C26H27N3O2. The Balaban J connectivity index is 1.35. The number of hydrogen-bond acceptors (Lipinski definition) is 3. The largest absolute Gasteiger partial charge is 0.336 e. The number of para-hydroxylation sites is 1. The molecule has 0 atom stereocenters. The summed E-state index contributed by atoms with van der Waals surface area (Å²) in [5.41, 5.74) is 2.98. The van der Waals surface area contributed by atoms with Crippen LogP contribution in [0.1, 0.15) is 26.3 Å². The van der Waals surface area contributed by atoms with Gasteiger partial charge in [0, 0.05) is 38.3 Å². The molecule has 0 aliphatic carbocycles. The van der Waals surface area contributed by atoms with Crippen LogP contribution in [0, 0.1) is 0 Å². The zero-order chi connectivity index (χ0) is 21.5. The number of nitrogens with zero attached hydrogens (tertiary/aromatic N) is 2. The molecule has 1 aliphatic heterocycles. The second-order valence-corrected chi connectivity index (χ2v) is 7.74. The fraction of sp³-hybridized carbons (Fsp3) is 0.231. The molecule has 158 valence electrons. The maximum Gasteiger partial charge on any atom is 0.256 e. The number of amides is 2. The van der Waals surface area contributed by atoms with Crippen molar-refractivity contribution in [2.24, 2.45) is 0 Å². The summed E-state index contributed by atoms with van der Waals surface area (Å²) in [5.74, 6) is -0.252. The Morgan fingerprint density at radius 2 is 1.35 bits per heavy atom. The number of anilines is 1. The Hall–Kier alpha value is -3.44. The molecule has 1 saturated heterocycles. The van der Waals surface area contributed by atoms with Gasteiger partial charge in [-0.3, -0.25) is 14.5 Å². The van der Waals surface area contributed by atoms with E-state index in [1.165, 1.54) is 5.56 Å². The van der Waals surface area contributed by atoms with E-state index in [1.807, 2.05) is 41.3 Å². The Morgan fingerprint density at radius 1 is 0.742 bits per heavy atom. The van der Waals surface area contributed by atoms with Gasteiger partial charge in [0.05, 0.1) is 11.3 Å². The van der Waals surface area contributed by atoms with E-state index in [0.29, 0.717) is 29.9 Å². The normalized spacial score (nSPS) is 14.3. The monoisotopic (exact) mass is 413 g/mol. The number of carbonyl (C=O) groups excluding carboxylic acids is 2. The van der Waals surface area contributed by atoms with Gasteiger partial charge in [0.15, 0.2) is 0 Å². The smallest absolute Gasteiger partial charge is 0.256 e. The summed E-state index contributed by atoms with van der Waals surface area (Å²) in [6.45, 7) is 4.09. The summed E-state index contributed by atoms with van der Waals surface area (Å²) in [5, 5.41) is 2.90. The van der Waals surface area contributed by atoms with Crippen LogP contribution in [0.2, 0.25) is 0 Å². The molecule has 3 aromatic carbocycles. The van der Waals surface area contributed by atoms with Crippen molar-refractivity contribution in [1.29, 1.82) is 0 Å². The maximum atomic E-state index is 13.2. The maximum absolute atomic E-state index is 13.2. The lowest BCUT2D eigenvalue weighted by Gasteiger charge is -2.35. The van der Waals surface area contributed by atoms with Crippen LogP contribution in [0.15, 0.2) is 84.9 Å². The van der Waals surface area contributed by atoms with Crippen molar-refractivity contribution < 1.29 is 9.59 Å². The van der Waals surface area contributed by atoms with E-state index >= 15 is 0 Å². The van der Waals surface area contributed by atoms with Crippen molar-refractivity contribution in [3.8, 4) is 0 Å². The SMILES string of the molecule is O=C(Nc1ccccc1C(=O)N1CCN(CCc2ccccc2)CC1)c1ccccc1. The van der Waals surface area contributed by atoms with E-state index in [2.05, 4.69) is 34.5 Å². The molecule has 5 nitrogen and oxygen atoms in total. The highest BCUT2D eigenvalue weighted by atomic mass is 16.2.